The molecule has 0 fully saturated rings. The van der Waals surface area contributed by atoms with Gasteiger partial charge in [0, 0.05) is 29.4 Å². The number of hydrogen-bond acceptors (Lipinski definition) is 3. The average Bonchev–Trinajstić information content (AvgIpc) is 3.11. The van der Waals surface area contributed by atoms with Crippen LogP contribution < -0.4 is 5.32 Å². The van der Waals surface area contributed by atoms with E-state index in [1.807, 2.05) is 45.0 Å². The van der Waals surface area contributed by atoms with Gasteiger partial charge in [0.1, 0.15) is 5.82 Å². The number of aryl methyl sites for hydroxylation is 2. The zero-order valence-electron chi connectivity index (χ0n) is 16.9. The molecule has 7 heteroatoms. The second-order valence-corrected chi connectivity index (χ2v) is 7.39. The summed E-state index contributed by atoms with van der Waals surface area (Å²) < 4.78 is 40.7. The Morgan fingerprint density at radius 1 is 0.967 bits per heavy atom. The lowest BCUT2D eigenvalue weighted by molar-refractivity contribution is -0.137. The van der Waals surface area contributed by atoms with Gasteiger partial charge in [-0.15, -0.1) is 0 Å². The summed E-state index contributed by atoms with van der Waals surface area (Å²) in [6.07, 6.45) is -4.36. The molecule has 0 saturated heterocycles. The van der Waals surface area contributed by atoms with Crippen LogP contribution in [-0.2, 0) is 12.7 Å². The van der Waals surface area contributed by atoms with Crippen LogP contribution in [0.2, 0.25) is 0 Å². The van der Waals surface area contributed by atoms with Crippen LogP contribution in [0.3, 0.4) is 0 Å². The van der Waals surface area contributed by atoms with Crippen molar-refractivity contribution in [1.29, 1.82) is 0 Å². The lowest BCUT2D eigenvalue weighted by Crippen LogP contribution is -2.11. The summed E-state index contributed by atoms with van der Waals surface area (Å²) in [5.74, 6) is 0.716. The van der Waals surface area contributed by atoms with Gasteiger partial charge in [0.05, 0.1) is 11.3 Å². The molecule has 2 aromatic carbocycles. The molecule has 4 aromatic rings. The molecule has 154 valence electrons. The Morgan fingerprint density at radius 2 is 1.73 bits per heavy atom. The number of halogens is 3. The first kappa shape index (κ1) is 19.9. The normalized spacial score (nSPS) is 11.8. The van der Waals surface area contributed by atoms with Gasteiger partial charge in [-0.1, -0.05) is 35.9 Å². The van der Waals surface area contributed by atoms with Crippen LogP contribution in [0.25, 0.3) is 16.9 Å². The first-order valence-corrected chi connectivity index (χ1v) is 9.56. The van der Waals surface area contributed by atoms with Crippen molar-refractivity contribution >= 4 is 11.5 Å². The van der Waals surface area contributed by atoms with Gasteiger partial charge in [0.2, 0.25) is 0 Å². The van der Waals surface area contributed by atoms with Crippen LogP contribution in [0.15, 0.2) is 54.6 Å². The summed E-state index contributed by atoms with van der Waals surface area (Å²) in [6.45, 7) is 6.09. The van der Waals surface area contributed by atoms with Crippen molar-refractivity contribution in [3.8, 4) is 11.3 Å². The van der Waals surface area contributed by atoms with Crippen molar-refractivity contribution in [2.45, 2.75) is 33.5 Å². The molecule has 4 nitrogen and oxygen atoms in total. The Labute approximate surface area is 172 Å². The van der Waals surface area contributed by atoms with Gasteiger partial charge in [0.15, 0.2) is 5.65 Å². The third kappa shape index (κ3) is 3.87. The van der Waals surface area contributed by atoms with Crippen molar-refractivity contribution < 1.29 is 13.2 Å². The van der Waals surface area contributed by atoms with Crippen LogP contribution >= 0.6 is 0 Å². The highest BCUT2D eigenvalue weighted by molar-refractivity contribution is 5.67. The van der Waals surface area contributed by atoms with E-state index < -0.39 is 11.7 Å². The molecule has 0 atom stereocenters. The highest BCUT2D eigenvalue weighted by atomic mass is 19.4. The summed E-state index contributed by atoms with van der Waals surface area (Å²) in [5.41, 5.74) is 5.21. The van der Waals surface area contributed by atoms with E-state index in [2.05, 4.69) is 16.4 Å². The molecule has 0 bridgehead atoms. The third-order valence-electron chi connectivity index (χ3n) is 5.11. The van der Waals surface area contributed by atoms with E-state index in [0.29, 0.717) is 17.0 Å². The molecule has 2 heterocycles. The van der Waals surface area contributed by atoms with Crippen molar-refractivity contribution in [1.82, 2.24) is 14.6 Å². The number of fused-ring (bicyclic) bond motifs is 1. The van der Waals surface area contributed by atoms with Crippen LogP contribution in [0.1, 0.15) is 27.9 Å². The Hall–Kier alpha value is -3.35. The quantitative estimate of drug-likeness (QED) is 0.452. The van der Waals surface area contributed by atoms with Crippen LogP contribution in [0, 0.1) is 20.8 Å². The van der Waals surface area contributed by atoms with Crippen LogP contribution in [0.4, 0.5) is 19.0 Å². The molecule has 0 saturated carbocycles. The van der Waals surface area contributed by atoms with Crippen LogP contribution in [0.5, 0.6) is 0 Å². The fourth-order valence-corrected chi connectivity index (χ4v) is 3.40. The Bertz CT molecular complexity index is 1230. The standard InChI is InChI=1S/C23H21F3N4/c1-14-6-4-8-18(10-14)20-12-21-28-16(3)15(2)22(30(21)29-20)27-13-17-7-5-9-19(11-17)23(24,25)26/h4-12,27H,13H2,1-3H3. The van der Waals surface area contributed by atoms with Crippen molar-refractivity contribution in [3.63, 3.8) is 0 Å². The third-order valence-corrected chi connectivity index (χ3v) is 5.11. The zero-order valence-corrected chi connectivity index (χ0v) is 16.9. The second-order valence-electron chi connectivity index (χ2n) is 7.39. The Kier molecular flexibility index (Phi) is 4.97. The monoisotopic (exact) mass is 410 g/mol. The summed E-state index contributed by atoms with van der Waals surface area (Å²) in [4.78, 5) is 4.62. The smallest absolute Gasteiger partial charge is 0.366 e. The van der Waals surface area contributed by atoms with Crippen molar-refractivity contribution in [2.75, 3.05) is 5.32 Å². The van der Waals surface area contributed by atoms with E-state index in [1.165, 1.54) is 6.07 Å². The highest BCUT2D eigenvalue weighted by Gasteiger charge is 2.30. The van der Waals surface area contributed by atoms with E-state index in [-0.39, 0.29) is 6.54 Å². The Morgan fingerprint density at radius 3 is 2.47 bits per heavy atom. The van der Waals surface area contributed by atoms with Crippen molar-refractivity contribution in [3.05, 3.63) is 82.5 Å². The maximum absolute atomic E-state index is 13.0. The van der Waals surface area contributed by atoms with Crippen LogP contribution in [-0.4, -0.2) is 14.6 Å². The number of benzene rings is 2. The molecule has 0 amide bonds. The molecule has 0 aliphatic carbocycles. The molecule has 0 aliphatic rings. The maximum atomic E-state index is 13.0. The highest BCUT2D eigenvalue weighted by Crippen LogP contribution is 2.30. The van der Waals surface area contributed by atoms with Gasteiger partial charge in [-0.2, -0.15) is 22.8 Å². The van der Waals surface area contributed by atoms with Gasteiger partial charge in [-0.25, -0.2) is 4.98 Å². The van der Waals surface area contributed by atoms with E-state index in [0.717, 1.165) is 40.2 Å². The van der Waals surface area contributed by atoms with Gasteiger partial charge < -0.3 is 5.32 Å². The number of nitrogens with one attached hydrogen (secondary N) is 1. The van der Waals surface area contributed by atoms with Gasteiger partial charge in [0.25, 0.3) is 0 Å². The zero-order chi connectivity index (χ0) is 21.5. The largest absolute Gasteiger partial charge is 0.416 e. The van der Waals surface area contributed by atoms with Crippen molar-refractivity contribution in [2.24, 2.45) is 0 Å². The average molecular weight is 410 g/mol. The lowest BCUT2D eigenvalue weighted by atomic mass is 10.1. The topological polar surface area (TPSA) is 42.2 Å². The molecule has 0 spiro atoms. The minimum Gasteiger partial charge on any atom is -0.366 e. The summed E-state index contributed by atoms with van der Waals surface area (Å²) in [7, 11) is 0. The van der Waals surface area contributed by atoms with E-state index in [4.69, 9.17) is 5.10 Å². The van der Waals surface area contributed by atoms with Gasteiger partial charge in [-0.3, -0.25) is 0 Å². The molecule has 0 radical (unpaired) electrons. The fraction of sp³-hybridized carbons (Fsp3) is 0.217. The van der Waals surface area contributed by atoms with Gasteiger partial charge >= 0.3 is 6.18 Å². The molecular formula is C23H21F3N4. The first-order chi connectivity index (χ1) is 14.2. The number of hydrogen-bond donors (Lipinski definition) is 1. The molecular weight excluding hydrogens is 389 g/mol. The lowest BCUT2D eigenvalue weighted by Gasteiger charge is -2.14. The molecule has 30 heavy (non-hydrogen) atoms. The van der Waals surface area contributed by atoms with E-state index >= 15 is 0 Å². The first-order valence-electron chi connectivity index (χ1n) is 9.56. The second kappa shape index (κ2) is 7.48. The predicted octanol–water partition coefficient (Wildman–Crippen LogP) is 5.95. The molecule has 0 aliphatic heterocycles. The SMILES string of the molecule is Cc1cccc(-c2cc3nc(C)c(C)c(NCc4cccc(C(F)(F)F)c4)n3n2)c1. The maximum Gasteiger partial charge on any atom is 0.416 e. The van der Waals surface area contributed by atoms with E-state index in [1.54, 1.807) is 10.6 Å². The minimum absolute atomic E-state index is 0.239. The fourth-order valence-electron chi connectivity index (χ4n) is 3.40. The number of alkyl halides is 3. The molecule has 4 rings (SSSR count). The number of aromatic nitrogens is 3. The number of anilines is 1. The van der Waals surface area contributed by atoms with E-state index in [9.17, 15) is 13.2 Å². The molecule has 1 N–H and O–H groups in total. The molecule has 2 aromatic heterocycles. The number of nitrogens with zero attached hydrogens (tertiary/aromatic N) is 3. The molecule has 0 unspecified atom stereocenters. The predicted molar refractivity (Wildman–Crippen MR) is 111 cm³/mol. The van der Waals surface area contributed by atoms with Gasteiger partial charge in [-0.05, 0) is 44.5 Å². The minimum atomic E-state index is -4.36. The summed E-state index contributed by atoms with van der Waals surface area (Å²) in [5, 5.41) is 7.97. The summed E-state index contributed by atoms with van der Waals surface area (Å²) >= 11 is 0. The Balaban J connectivity index is 1.71. The number of rotatable bonds is 4. The summed E-state index contributed by atoms with van der Waals surface area (Å²) in [6, 6.07) is 15.3.